The van der Waals surface area contributed by atoms with E-state index < -0.39 is 0 Å². The second-order valence-corrected chi connectivity index (χ2v) is 12.4. The first kappa shape index (κ1) is 21.0. The Morgan fingerprint density at radius 3 is 2.44 bits per heavy atom. The summed E-state index contributed by atoms with van der Waals surface area (Å²) in [5.41, 5.74) is 7.38. The average molecular weight is 556 g/mol. The van der Waals surface area contributed by atoms with E-state index in [-0.39, 0.29) is 44.2 Å². The van der Waals surface area contributed by atoms with Crippen molar-refractivity contribution >= 4 is 21.6 Å². The molecule has 0 saturated heterocycles. The summed E-state index contributed by atoms with van der Waals surface area (Å²) in [6.07, 6.45) is 1.97. The van der Waals surface area contributed by atoms with Crippen molar-refractivity contribution in [1.82, 2.24) is 19.9 Å². The van der Waals surface area contributed by atoms with Crippen molar-refractivity contribution in [3.8, 4) is 33.6 Å². The molecule has 0 aliphatic carbocycles. The van der Waals surface area contributed by atoms with Crippen molar-refractivity contribution in [2.24, 2.45) is 0 Å². The summed E-state index contributed by atoms with van der Waals surface area (Å²) in [6.45, 7) is 8.71. The van der Waals surface area contributed by atoms with E-state index in [9.17, 15) is 0 Å². The number of H-pyrrole nitrogens is 2. The summed E-state index contributed by atoms with van der Waals surface area (Å²) in [5, 5.41) is 3.50. The molecular formula is C26H24N4SXe. The fourth-order valence-corrected chi connectivity index (χ4v) is 7.84. The quantitative estimate of drug-likeness (QED) is 0.283. The zero-order valence-electron chi connectivity index (χ0n) is 18.4. The third-order valence-electron chi connectivity index (χ3n) is 5.97. The normalized spacial score (nSPS) is 13.1. The fourth-order valence-electron chi connectivity index (χ4n) is 4.20. The van der Waals surface area contributed by atoms with Gasteiger partial charge in [-0.2, -0.15) is 0 Å². The third kappa shape index (κ3) is 3.38. The number of hydrogen-bond donors (Lipinski definition) is 2. The van der Waals surface area contributed by atoms with E-state index in [0.717, 1.165) is 17.3 Å². The fraction of sp³-hybridized carbons (Fsp3) is 0.231. The Morgan fingerprint density at radius 1 is 0.875 bits per heavy atom. The van der Waals surface area contributed by atoms with E-state index in [1.807, 2.05) is 6.20 Å². The van der Waals surface area contributed by atoms with Gasteiger partial charge in [-0.25, -0.2) is 0 Å². The Hall–Kier alpha value is -1.61. The molecule has 0 atom stereocenters. The van der Waals surface area contributed by atoms with E-state index in [1.54, 1.807) is 11.3 Å². The predicted octanol–water partition coefficient (Wildman–Crippen LogP) is 5.94. The van der Waals surface area contributed by atoms with E-state index in [4.69, 9.17) is 4.98 Å². The van der Waals surface area contributed by atoms with Crippen LogP contribution in [0.5, 0.6) is 0 Å². The number of rotatable bonds is 4. The van der Waals surface area contributed by atoms with Gasteiger partial charge in [0.25, 0.3) is 0 Å². The van der Waals surface area contributed by atoms with Gasteiger partial charge in [0.15, 0.2) is 0 Å². The molecule has 6 rings (SSSR count). The monoisotopic (exact) mass is 556 g/mol. The van der Waals surface area contributed by atoms with Crippen molar-refractivity contribution in [2.45, 2.75) is 39.5 Å². The molecule has 4 nitrogen and oxygen atoms in total. The van der Waals surface area contributed by atoms with Crippen LogP contribution in [0.1, 0.15) is 51.2 Å². The van der Waals surface area contributed by atoms with Crippen LogP contribution in [0.4, 0.5) is 0 Å². The predicted molar refractivity (Wildman–Crippen MR) is 130 cm³/mol. The first-order chi connectivity index (χ1) is 15.5. The van der Waals surface area contributed by atoms with Crippen molar-refractivity contribution in [3.05, 3.63) is 59.6 Å². The molecule has 0 saturated carbocycles. The molecule has 0 spiro atoms. The summed E-state index contributed by atoms with van der Waals surface area (Å²) >= 11 is 1.79. The van der Waals surface area contributed by atoms with Gasteiger partial charge in [0, 0.05) is 0 Å². The molecule has 6 heteroatoms. The number of imidazole rings is 2. The van der Waals surface area contributed by atoms with E-state index >= 15 is 0 Å². The first-order valence-corrected chi connectivity index (χ1v) is 13.8. The maximum atomic E-state index is 4.89. The Labute approximate surface area is 216 Å². The number of aromatic amines is 2. The number of nitrogens with one attached hydrogen (secondary N) is 2. The van der Waals surface area contributed by atoms with Crippen LogP contribution in [0.25, 0.3) is 43.7 Å². The minimum atomic E-state index is -0.0107. The number of hydrogen-bond acceptors (Lipinski definition) is 3. The molecule has 2 aromatic carbocycles. The molecule has 1 aliphatic heterocycles. The molecule has 0 fully saturated rings. The van der Waals surface area contributed by atoms with Crippen LogP contribution in [0.3, 0.4) is 0 Å². The van der Waals surface area contributed by atoms with Crippen LogP contribution in [0.15, 0.2) is 48.0 Å². The molecule has 3 aromatic heterocycles. The Bertz CT molecular complexity index is 1470. The van der Waals surface area contributed by atoms with Crippen molar-refractivity contribution in [1.29, 1.82) is 0 Å². The average Bonchev–Trinajstić information content (AvgIpc) is 3.55. The van der Waals surface area contributed by atoms with Crippen LogP contribution in [-0.2, 0) is 0 Å². The van der Waals surface area contributed by atoms with Crippen LogP contribution < -0.4 is 0.193 Å². The Morgan fingerprint density at radius 2 is 1.66 bits per heavy atom. The Kier molecular flexibility index (Phi) is 5.25. The number of thiophene rings is 1. The molecule has 32 heavy (non-hydrogen) atoms. The van der Waals surface area contributed by atoms with Gasteiger partial charge in [-0.1, -0.05) is 0 Å². The summed E-state index contributed by atoms with van der Waals surface area (Å²) in [4.78, 5) is 16.6. The van der Waals surface area contributed by atoms with Gasteiger partial charge in [0.05, 0.1) is 0 Å². The van der Waals surface area contributed by atoms with Gasteiger partial charge in [-0.05, 0) is 0 Å². The number of benzene rings is 2. The van der Waals surface area contributed by atoms with Gasteiger partial charge in [-0.15, -0.1) is 0 Å². The van der Waals surface area contributed by atoms with E-state index in [2.05, 4.69) is 84.4 Å². The van der Waals surface area contributed by atoms with Gasteiger partial charge in [0.1, 0.15) is 0 Å². The van der Waals surface area contributed by atoms with Crippen molar-refractivity contribution < 1.29 is 44.2 Å². The van der Waals surface area contributed by atoms with Gasteiger partial charge in [-0.3, -0.25) is 0 Å². The molecule has 5 aromatic rings. The topological polar surface area (TPSA) is 57.4 Å². The zero-order chi connectivity index (χ0) is 22.0. The molecular weight excluding hydrogens is 532 g/mol. The summed E-state index contributed by atoms with van der Waals surface area (Å²) < 4.78 is 4.09. The van der Waals surface area contributed by atoms with Gasteiger partial charge >= 0.3 is 219 Å². The molecule has 0 bridgehead atoms. The maximum absolute atomic E-state index is 4.89. The molecule has 0 unspecified atom stereocenters. The van der Waals surface area contributed by atoms with Crippen molar-refractivity contribution in [3.63, 3.8) is 0 Å². The van der Waals surface area contributed by atoms with E-state index in [1.165, 1.54) is 38.2 Å². The van der Waals surface area contributed by atoms with Crippen molar-refractivity contribution in [2.75, 3.05) is 0 Å². The molecule has 2 N–H and O–H groups in total. The van der Waals surface area contributed by atoms with Crippen LogP contribution >= 0.6 is 11.3 Å². The second kappa shape index (κ2) is 8.01. The number of nitrogens with zero attached hydrogens (tertiary/aromatic N) is 2. The van der Waals surface area contributed by atoms with Crippen LogP contribution in [0.2, 0.25) is 0 Å². The number of fused-ring (bicyclic) bond motifs is 4. The SMILES string of the molecule is CC(C)c1ncc(-c2ccc(-c3ccc4c(c3)[Xe]c3[nH]c(C(C)C)nc3-4)c3ccsc23)[nH]1. The molecule has 162 valence electrons. The van der Waals surface area contributed by atoms with Gasteiger partial charge < -0.3 is 0 Å². The zero-order valence-corrected chi connectivity index (χ0v) is 21.3. The number of aromatic nitrogens is 4. The summed E-state index contributed by atoms with van der Waals surface area (Å²) in [5.74, 6) is 2.96. The standard InChI is InChI=1S/C26H24N4SXe/c1-13(2)24-27-12-20(28-24)18-8-7-16(17-9-10-31-23(17)18)15-5-6-19-21(11-15)32-26-22(19)29-25(30-26)14(3)4/h5-14H,1-4H3,(H,27,28)(H,29,30). The molecule has 0 radical (unpaired) electrons. The summed E-state index contributed by atoms with van der Waals surface area (Å²) in [6, 6.07) is 13.7. The second-order valence-electron chi connectivity index (χ2n) is 8.86. The van der Waals surface area contributed by atoms with Gasteiger partial charge in [0.2, 0.25) is 0 Å². The van der Waals surface area contributed by atoms with Crippen LogP contribution in [0, 0.1) is 44.2 Å². The third-order valence-corrected chi connectivity index (χ3v) is 9.53. The molecule has 4 heterocycles. The molecule has 1 aliphatic rings. The Balaban J connectivity index is 1.41. The van der Waals surface area contributed by atoms with Crippen LogP contribution in [-0.4, -0.2) is 19.9 Å². The first-order valence-electron chi connectivity index (χ1n) is 10.9. The minimum absolute atomic E-state index is 0.0107. The van der Waals surface area contributed by atoms with E-state index in [0.29, 0.717) is 11.8 Å². The molecule has 0 amide bonds. The summed E-state index contributed by atoms with van der Waals surface area (Å²) in [7, 11) is 0.